The van der Waals surface area contributed by atoms with E-state index in [-0.39, 0.29) is 11.5 Å². The Morgan fingerprint density at radius 1 is 0.979 bits per heavy atom. The van der Waals surface area contributed by atoms with Gasteiger partial charge < -0.3 is 24.6 Å². The number of aryl methyl sites for hydroxylation is 5. The molecular weight excluding hydrogens is 651 g/mol. The van der Waals surface area contributed by atoms with Gasteiger partial charge in [-0.1, -0.05) is 29.3 Å². The molecule has 0 saturated carbocycles. The number of amides is 1. The van der Waals surface area contributed by atoms with Crippen LogP contribution < -0.4 is 9.64 Å². The van der Waals surface area contributed by atoms with E-state index < -0.39 is 5.97 Å². The lowest BCUT2D eigenvalue weighted by Crippen LogP contribution is -2.49. The minimum Gasteiger partial charge on any atom is -0.494 e. The van der Waals surface area contributed by atoms with E-state index in [0.717, 1.165) is 60.9 Å². The van der Waals surface area contributed by atoms with Gasteiger partial charge in [-0.2, -0.15) is 5.10 Å². The molecule has 0 unspecified atom stereocenters. The number of H-pyrrole nitrogens is 1. The van der Waals surface area contributed by atoms with Gasteiger partial charge in [-0.3, -0.25) is 9.48 Å². The fraction of sp³-hybridized carbons (Fsp3) is 0.333. The minimum absolute atomic E-state index is 0.0818. The van der Waals surface area contributed by atoms with Gasteiger partial charge in [-0.25, -0.2) is 9.78 Å². The topological polar surface area (TPSA) is 117 Å². The van der Waals surface area contributed by atoms with Gasteiger partial charge >= 0.3 is 5.97 Å². The Labute approximate surface area is 289 Å². The Morgan fingerprint density at radius 3 is 2.29 bits per heavy atom. The van der Waals surface area contributed by atoms with E-state index in [4.69, 9.17) is 27.9 Å². The molecule has 2 aromatic carbocycles. The zero-order chi connectivity index (χ0) is 34.3. The SMILES string of the molecule is Cc1cc(OCCCc2c(C(=O)N3CCN(c4ccc(C(=O)O)cn4)CC3)[nH]c3c(-c4c(C)nn(C)c4C)c(Cl)ccc23)cc(C)c1Cl. The van der Waals surface area contributed by atoms with Crippen LogP contribution in [0.4, 0.5) is 5.82 Å². The molecule has 10 nitrogen and oxygen atoms in total. The van der Waals surface area contributed by atoms with Crippen LogP contribution in [0.15, 0.2) is 42.6 Å². The van der Waals surface area contributed by atoms with Crippen molar-refractivity contribution in [1.82, 2.24) is 24.6 Å². The third kappa shape index (κ3) is 6.34. The van der Waals surface area contributed by atoms with Crippen molar-refractivity contribution in [3.8, 4) is 16.9 Å². The van der Waals surface area contributed by atoms with Crippen molar-refractivity contribution in [3.05, 3.63) is 92.0 Å². The number of anilines is 1. The van der Waals surface area contributed by atoms with Crippen molar-refractivity contribution in [1.29, 1.82) is 0 Å². The first kappa shape index (κ1) is 33.4. The number of nitrogens with zero attached hydrogens (tertiary/aromatic N) is 5. The number of fused-ring (bicyclic) bond motifs is 1. The number of hydrogen-bond donors (Lipinski definition) is 2. The van der Waals surface area contributed by atoms with Crippen LogP contribution in [-0.4, -0.2) is 74.4 Å². The first-order valence-electron chi connectivity index (χ1n) is 15.9. The van der Waals surface area contributed by atoms with Crippen LogP contribution in [0.2, 0.25) is 10.0 Å². The number of aromatic nitrogens is 4. The number of piperazine rings is 1. The van der Waals surface area contributed by atoms with Crippen LogP contribution in [0.3, 0.4) is 0 Å². The number of carbonyl (C=O) groups is 2. The Morgan fingerprint density at radius 2 is 1.69 bits per heavy atom. The first-order chi connectivity index (χ1) is 22.9. The van der Waals surface area contributed by atoms with Gasteiger partial charge in [-0.05, 0) is 87.6 Å². The minimum atomic E-state index is -1.02. The molecule has 48 heavy (non-hydrogen) atoms. The molecule has 1 saturated heterocycles. The summed E-state index contributed by atoms with van der Waals surface area (Å²) in [7, 11) is 1.91. The summed E-state index contributed by atoms with van der Waals surface area (Å²) in [5.41, 5.74) is 7.98. The number of aromatic carboxylic acids is 1. The van der Waals surface area contributed by atoms with Crippen LogP contribution in [0.5, 0.6) is 5.75 Å². The first-order valence-corrected chi connectivity index (χ1v) is 16.7. The highest BCUT2D eigenvalue weighted by atomic mass is 35.5. The quantitative estimate of drug-likeness (QED) is 0.158. The highest BCUT2D eigenvalue weighted by molar-refractivity contribution is 6.35. The average molecular weight is 690 g/mol. The van der Waals surface area contributed by atoms with Crippen molar-refractivity contribution in [3.63, 3.8) is 0 Å². The van der Waals surface area contributed by atoms with Gasteiger partial charge in [-0.15, -0.1) is 0 Å². The lowest BCUT2D eigenvalue weighted by Gasteiger charge is -2.35. The summed E-state index contributed by atoms with van der Waals surface area (Å²) in [6, 6.07) is 11.0. The number of hydrogen-bond acceptors (Lipinski definition) is 6. The molecule has 6 rings (SSSR count). The summed E-state index contributed by atoms with van der Waals surface area (Å²) < 4.78 is 7.97. The second-order valence-electron chi connectivity index (χ2n) is 12.3. The average Bonchev–Trinajstić information content (AvgIpc) is 3.56. The number of nitrogens with one attached hydrogen (secondary N) is 1. The van der Waals surface area contributed by atoms with E-state index in [9.17, 15) is 14.7 Å². The maximum absolute atomic E-state index is 14.3. The number of halogens is 2. The molecule has 250 valence electrons. The summed E-state index contributed by atoms with van der Waals surface area (Å²) in [6.07, 6.45) is 2.65. The number of ether oxygens (including phenoxy) is 1. The Bertz CT molecular complexity index is 2000. The van der Waals surface area contributed by atoms with Gasteiger partial charge in [0.1, 0.15) is 17.3 Å². The standard InChI is InChI=1S/C36H38Cl2N6O4/c1-20-17-25(18-21(2)32(20)38)48-16-6-7-26-27-9-10-28(37)31(30-22(3)41-42(5)23(30)4)33(27)40-34(26)35(45)44-14-12-43(13-15-44)29-11-8-24(19-39-29)36(46)47/h8-11,17-19,40H,6-7,12-16H2,1-5H3,(H,46,47). The zero-order valence-corrected chi connectivity index (χ0v) is 29.2. The molecule has 0 atom stereocenters. The fourth-order valence-electron chi connectivity index (χ4n) is 6.54. The third-order valence-electron chi connectivity index (χ3n) is 9.14. The van der Waals surface area contributed by atoms with Crippen molar-refractivity contribution >= 4 is 51.8 Å². The van der Waals surface area contributed by atoms with Crippen LogP contribution >= 0.6 is 23.2 Å². The number of benzene rings is 2. The molecule has 5 aromatic rings. The zero-order valence-electron chi connectivity index (χ0n) is 27.7. The molecule has 2 N–H and O–H groups in total. The van der Waals surface area contributed by atoms with Crippen LogP contribution in [0.1, 0.15) is 55.3 Å². The Kier molecular flexibility index (Phi) is 9.40. The monoisotopic (exact) mass is 688 g/mol. The fourth-order valence-corrected chi connectivity index (χ4v) is 6.90. The molecule has 0 radical (unpaired) electrons. The third-order valence-corrected chi connectivity index (χ3v) is 10.1. The predicted octanol–water partition coefficient (Wildman–Crippen LogP) is 7.18. The van der Waals surface area contributed by atoms with Crippen LogP contribution in [0, 0.1) is 27.7 Å². The smallest absolute Gasteiger partial charge is 0.337 e. The maximum atomic E-state index is 14.3. The van der Waals surface area contributed by atoms with E-state index in [1.807, 2.05) is 68.6 Å². The summed E-state index contributed by atoms with van der Waals surface area (Å²) in [6.45, 7) is 10.5. The second kappa shape index (κ2) is 13.5. The number of carboxylic acids is 1. The van der Waals surface area contributed by atoms with Gasteiger partial charge in [0, 0.05) is 66.7 Å². The molecular formula is C36H38Cl2N6O4. The lowest BCUT2D eigenvalue weighted by atomic mass is 9.98. The van der Waals surface area contributed by atoms with Crippen molar-refractivity contribution in [2.45, 2.75) is 40.5 Å². The van der Waals surface area contributed by atoms with Gasteiger partial charge in [0.15, 0.2) is 0 Å². The Hall–Kier alpha value is -4.54. The molecule has 12 heteroatoms. The molecule has 0 bridgehead atoms. The van der Waals surface area contributed by atoms with Crippen molar-refractivity contribution < 1.29 is 19.4 Å². The maximum Gasteiger partial charge on any atom is 0.337 e. The van der Waals surface area contributed by atoms with E-state index in [1.165, 1.54) is 6.20 Å². The van der Waals surface area contributed by atoms with Gasteiger partial charge in [0.05, 0.1) is 28.4 Å². The molecule has 1 amide bonds. The van der Waals surface area contributed by atoms with Crippen LogP contribution in [0.25, 0.3) is 22.0 Å². The van der Waals surface area contributed by atoms with E-state index in [0.29, 0.717) is 62.2 Å². The molecule has 0 spiro atoms. The van der Waals surface area contributed by atoms with E-state index in [1.54, 1.807) is 12.1 Å². The lowest BCUT2D eigenvalue weighted by molar-refractivity contribution is 0.0694. The molecule has 1 aliphatic heterocycles. The van der Waals surface area contributed by atoms with Crippen molar-refractivity contribution in [2.24, 2.45) is 7.05 Å². The molecule has 1 fully saturated rings. The number of rotatable bonds is 9. The van der Waals surface area contributed by atoms with E-state index >= 15 is 0 Å². The largest absolute Gasteiger partial charge is 0.494 e. The number of carboxylic acid groups (broad SMARTS) is 1. The number of carbonyl (C=O) groups excluding carboxylic acids is 1. The second-order valence-corrected chi connectivity index (χ2v) is 13.1. The number of aromatic amines is 1. The molecule has 3 aromatic heterocycles. The Balaban J connectivity index is 1.29. The van der Waals surface area contributed by atoms with Gasteiger partial charge in [0.25, 0.3) is 5.91 Å². The van der Waals surface area contributed by atoms with Gasteiger partial charge in [0.2, 0.25) is 0 Å². The summed E-state index contributed by atoms with van der Waals surface area (Å²) in [4.78, 5) is 37.3. The van der Waals surface area contributed by atoms with Crippen LogP contribution in [-0.2, 0) is 13.5 Å². The summed E-state index contributed by atoms with van der Waals surface area (Å²) >= 11 is 13.2. The number of pyridine rings is 1. The normalized spacial score (nSPS) is 13.4. The highest BCUT2D eigenvalue weighted by Gasteiger charge is 2.29. The highest BCUT2D eigenvalue weighted by Crippen LogP contribution is 2.40. The predicted molar refractivity (Wildman–Crippen MR) is 189 cm³/mol. The summed E-state index contributed by atoms with van der Waals surface area (Å²) in [5.74, 6) is 0.359. The molecule has 1 aliphatic rings. The molecule has 0 aliphatic carbocycles. The van der Waals surface area contributed by atoms with Crippen molar-refractivity contribution in [2.75, 3.05) is 37.7 Å². The molecule has 4 heterocycles. The summed E-state index contributed by atoms with van der Waals surface area (Å²) in [5, 5.41) is 16.1. The van der Waals surface area contributed by atoms with E-state index in [2.05, 4.69) is 20.0 Å².